The first-order valence-electron chi connectivity index (χ1n) is 10.0. The Morgan fingerprint density at radius 1 is 1.24 bits per heavy atom. The minimum atomic E-state index is -4.44. The van der Waals surface area contributed by atoms with Crippen LogP contribution in [0.25, 0.3) is 0 Å². The first kappa shape index (κ1) is 24.2. The molecule has 1 N–H and O–H groups in total. The number of halogens is 4. The normalized spacial score (nSPS) is 18.4. The number of methoxy groups -OCH3 is 1. The van der Waals surface area contributed by atoms with Crippen LogP contribution in [-0.4, -0.2) is 44.4 Å². The minimum absolute atomic E-state index is 0.0731. The van der Waals surface area contributed by atoms with Gasteiger partial charge < -0.3 is 14.7 Å². The molecule has 0 spiro atoms. The zero-order valence-corrected chi connectivity index (χ0v) is 19.5. The van der Waals surface area contributed by atoms with E-state index in [0.717, 1.165) is 6.07 Å². The molecule has 8 nitrogen and oxygen atoms in total. The van der Waals surface area contributed by atoms with E-state index in [1.54, 1.807) is 31.3 Å². The third-order valence-corrected chi connectivity index (χ3v) is 6.64. The number of hydrogen-bond donors (Lipinski definition) is 1. The highest BCUT2D eigenvalue weighted by atomic mass is 35.5. The molecule has 0 fully saturated rings. The van der Waals surface area contributed by atoms with Gasteiger partial charge in [-0.1, -0.05) is 17.7 Å². The van der Waals surface area contributed by atoms with Crippen molar-refractivity contribution in [3.8, 4) is 5.88 Å². The van der Waals surface area contributed by atoms with E-state index in [0.29, 0.717) is 26.9 Å². The number of aryl methyl sites for hydroxylation is 1. The van der Waals surface area contributed by atoms with E-state index in [1.165, 1.54) is 22.6 Å². The van der Waals surface area contributed by atoms with Gasteiger partial charge in [0.25, 0.3) is 0 Å². The van der Waals surface area contributed by atoms with E-state index in [2.05, 4.69) is 15.0 Å². The summed E-state index contributed by atoms with van der Waals surface area (Å²) in [6.07, 6.45) is -1.97. The van der Waals surface area contributed by atoms with Crippen molar-refractivity contribution in [2.45, 2.75) is 31.7 Å². The van der Waals surface area contributed by atoms with Gasteiger partial charge in [-0.3, -0.25) is 4.57 Å². The number of rotatable bonds is 5. The Balaban J connectivity index is 1.55. The molecule has 1 unspecified atom stereocenters. The fourth-order valence-corrected chi connectivity index (χ4v) is 4.55. The van der Waals surface area contributed by atoms with Gasteiger partial charge in [0.2, 0.25) is 11.8 Å². The molecule has 0 saturated carbocycles. The molecule has 0 aromatic carbocycles. The Bertz CT molecular complexity index is 1290. The smallest absolute Gasteiger partial charge is 0.425 e. The zero-order chi connectivity index (χ0) is 24.6. The summed E-state index contributed by atoms with van der Waals surface area (Å²) >= 11 is 6.58. The van der Waals surface area contributed by atoms with Crippen LogP contribution in [0.4, 0.5) is 19.1 Å². The van der Waals surface area contributed by atoms with E-state index in [-0.39, 0.29) is 30.7 Å². The van der Waals surface area contributed by atoms with Crippen molar-refractivity contribution in [3.05, 3.63) is 73.3 Å². The number of alkyl halides is 3. The van der Waals surface area contributed by atoms with Crippen molar-refractivity contribution < 1.29 is 23.0 Å². The molecule has 3 aromatic heterocycles. The van der Waals surface area contributed by atoms with Gasteiger partial charge in [-0.15, -0.1) is 11.3 Å². The quantitative estimate of drug-likeness (QED) is 0.557. The lowest BCUT2D eigenvalue weighted by Crippen LogP contribution is -2.39. The summed E-state index contributed by atoms with van der Waals surface area (Å²) in [5, 5.41) is 11.1. The fraction of sp³-hybridized carbons (Fsp3) is 0.333. The SMILES string of the molecule is COc1nc(C2C=CN(c3nc(C)n(Cc4ccc(C(F)(F)F)s4)c(=O)n3)C[C@@H]2O)ccc1Cl. The summed E-state index contributed by atoms with van der Waals surface area (Å²) in [4.78, 5) is 26.4. The number of anilines is 1. The van der Waals surface area contributed by atoms with E-state index >= 15 is 0 Å². The average molecular weight is 514 g/mol. The molecule has 180 valence electrons. The third kappa shape index (κ3) is 4.93. The van der Waals surface area contributed by atoms with Gasteiger partial charge >= 0.3 is 11.9 Å². The molecular formula is C21H19ClF3N5O3S. The van der Waals surface area contributed by atoms with Crippen molar-refractivity contribution in [2.75, 3.05) is 18.6 Å². The van der Waals surface area contributed by atoms with Crippen molar-refractivity contribution in [1.29, 1.82) is 0 Å². The Morgan fingerprint density at radius 2 is 2.00 bits per heavy atom. The molecule has 0 aliphatic carbocycles. The van der Waals surface area contributed by atoms with Gasteiger partial charge in [0.05, 0.1) is 32.0 Å². The van der Waals surface area contributed by atoms with Crippen LogP contribution in [0.2, 0.25) is 5.02 Å². The highest BCUT2D eigenvalue weighted by Crippen LogP contribution is 2.35. The lowest BCUT2D eigenvalue weighted by Gasteiger charge is -2.30. The Morgan fingerprint density at radius 3 is 2.62 bits per heavy atom. The van der Waals surface area contributed by atoms with Gasteiger partial charge in [0, 0.05) is 17.0 Å². The molecule has 0 bridgehead atoms. The lowest BCUT2D eigenvalue weighted by molar-refractivity contribution is -0.134. The van der Waals surface area contributed by atoms with Crippen molar-refractivity contribution in [1.82, 2.24) is 19.5 Å². The van der Waals surface area contributed by atoms with E-state index in [4.69, 9.17) is 16.3 Å². The number of thiophene rings is 1. The number of aromatic nitrogens is 4. The number of pyridine rings is 1. The molecule has 0 saturated heterocycles. The third-order valence-electron chi connectivity index (χ3n) is 5.23. The van der Waals surface area contributed by atoms with Crippen LogP contribution in [0.5, 0.6) is 5.88 Å². The maximum absolute atomic E-state index is 12.8. The topological polar surface area (TPSA) is 93.4 Å². The summed E-state index contributed by atoms with van der Waals surface area (Å²) < 4.78 is 44.9. The van der Waals surface area contributed by atoms with Crippen LogP contribution in [0.15, 0.2) is 41.3 Å². The first-order chi connectivity index (χ1) is 16.1. The molecule has 3 aromatic rings. The molecule has 1 aliphatic heterocycles. The number of ether oxygens (including phenoxy) is 1. The Hall–Kier alpha value is -2.96. The van der Waals surface area contributed by atoms with E-state index in [1.807, 2.05) is 0 Å². The highest BCUT2D eigenvalue weighted by molar-refractivity contribution is 7.12. The van der Waals surface area contributed by atoms with Crippen molar-refractivity contribution in [2.24, 2.45) is 0 Å². The van der Waals surface area contributed by atoms with Gasteiger partial charge in [0.1, 0.15) is 15.7 Å². The monoisotopic (exact) mass is 513 g/mol. The van der Waals surface area contributed by atoms with Crippen LogP contribution in [0, 0.1) is 6.92 Å². The summed E-state index contributed by atoms with van der Waals surface area (Å²) in [6.45, 7) is 1.59. The maximum Gasteiger partial charge on any atom is 0.425 e. The van der Waals surface area contributed by atoms with Crippen molar-refractivity contribution >= 4 is 28.9 Å². The maximum atomic E-state index is 12.8. The predicted molar refractivity (Wildman–Crippen MR) is 120 cm³/mol. The minimum Gasteiger partial charge on any atom is -0.480 e. The van der Waals surface area contributed by atoms with Crippen LogP contribution in [-0.2, 0) is 12.7 Å². The molecule has 1 aliphatic rings. The summed E-state index contributed by atoms with van der Waals surface area (Å²) in [5.74, 6) is 0.172. The summed E-state index contributed by atoms with van der Waals surface area (Å²) in [5.41, 5.74) is -0.0927. The lowest BCUT2D eigenvalue weighted by atomic mass is 9.95. The van der Waals surface area contributed by atoms with Crippen LogP contribution >= 0.6 is 22.9 Å². The molecule has 13 heteroatoms. The fourth-order valence-electron chi connectivity index (χ4n) is 3.51. The number of aliphatic hydroxyl groups is 1. The molecule has 0 radical (unpaired) electrons. The number of hydrogen-bond acceptors (Lipinski definition) is 8. The molecule has 2 atom stereocenters. The van der Waals surface area contributed by atoms with Crippen LogP contribution in [0.1, 0.15) is 27.2 Å². The molecular weight excluding hydrogens is 495 g/mol. The second-order valence-electron chi connectivity index (χ2n) is 7.52. The van der Waals surface area contributed by atoms with Gasteiger partial charge in [-0.25, -0.2) is 9.78 Å². The first-order valence-corrected chi connectivity index (χ1v) is 11.2. The summed E-state index contributed by atoms with van der Waals surface area (Å²) in [6, 6.07) is 5.64. The Labute approximate surface area is 200 Å². The zero-order valence-electron chi connectivity index (χ0n) is 18.0. The second kappa shape index (κ2) is 9.35. The van der Waals surface area contributed by atoms with Gasteiger partial charge in [-0.2, -0.15) is 23.1 Å². The molecule has 0 amide bonds. The predicted octanol–water partition coefficient (Wildman–Crippen LogP) is 3.61. The average Bonchev–Trinajstić information content (AvgIpc) is 3.26. The molecule has 4 rings (SSSR count). The van der Waals surface area contributed by atoms with Gasteiger partial charge in [0.15, 0.2) is 0 Å². The highest BCUT2D eigenvalue weighted by Gasteiger charge is 2.32. The number of β-amino-alcohol motifs (C(OH)–C–C–N with tert-alkyl or cyclic N) is 1. The largest absolute Gasteiger partial charge is 0.480 e. The van der Waals surface area contributed by atoms with E-state index < -0.39 is 28.8 Å². The number of nitrogens with zero attached hydrogens (tertiary/aromatic N) is 5. The van der Waals surface area contributed by atoms with E-state index in [9.17, 15) is 23.1 Å². The Kier molecular flexibility index (Phi) is 6.65. The van der Waals surface area contributed by atoms with Gasteiger partial charge in [-0.05, 0) is 31.2 Å². The molecule has 4 heterocycles. The standard InChI is InChI=1S/C21H19ClF3N5O3S/c1-11-26-19(28-20(32)30(11)9-12-3-6-17(34-12)21(23,24)25)29-8-7-13(16(31)10-29)15-5-4-14(22)18(27-15)33-2/h3-8,13,16,31H,9-10H2,1-2H3/t13?,16-/m0/s1. The summed E-state index contributed by atoms with van der Waals surface area (Å²) in [7, 11) is 1.45. The molecule has 34 heavy (non-hydrogen) atoms. The van der Waals surface area contributed by atoms with Crippen LogP contribution in [0.3, 0.4) is 0 Å². The van der Waals surface area contributed by atoms with Crippen LogP contribution < -0.4 is 15.3 Å². The number of aliphatic hydroxyl groups excluding tert-OH is 1. The second-order valence-corrected chi connectivity index (χ2v) is 9.09. The van der Waals surface area contributed by atoms with Crippen molar-refractivity contribution in [3.63, 3.8) is 0 Å².